The molecule has 39 heavy (non-hydrogen) atoms. The molecule has 2 heterocycles. The topological polar surface area (TPSA) is 18.1 Å². The lowest BCUT2D eigenvalue weighted by atomic mass is 9.80. The average Bonchev–Trinajstić information content (AvgIpc) is 3.59. The van der Waals surface area contributed by atoms with Gasteiger partial charge in [-0.25, -0.2) is 0 Å². The monoisotopic (exact) mass is 499 g/mol. The first-order valence-electron chi connectivity index (χ1n) is 13.6. The molecule has 0 N–H and O–H groups in total. The highest BCUT2D eigenvalue weighted by Crippen LogP contribution is 2.53. The fourth-order valence-corrected chi connectivity index (χ4v) is 7.26. The van der Waals surface area contributed by atoms with E-state index < -0.39 is 0 Å². The van der Waals surface area contributed by atoms with E-state index >= 15 is 0 Å². The van der Waals surface area contributed by atoms with Gasteiger partial charge >= 0.3 is 0 Å². The van der Waals surface area contributed by atoms with Crippen molar-refractivity contribution in [3.63, 3.8) is 0 Å². The van der Waals surface area contributed by atoms with Crippen LogP contribution >= 0.6 is 0 Å². The van der Waals surface area contributed by atoms with Gasteiger partial charge in [-0.3, -0.25) is 0 Å². The van der Waals surface area contributed by atoms with Crippen molar-refractivity contribution in [2.24, 2.45) is 0 Å². The summed E-state index contributed by atoms with van der Waals surface area (Å²) in [6.45, 7) is 4.76. The third kappa shape index (κ3) is 2.61. The van der Waals surface area contributed by atoms with Gasteiger partial charge in [-0.2, -0.15) is 0 Å². The van der Waals surface area contributed by atoms with Crippen LogP contribution in [-0.4, -0.2) is 4.57 Å². The summed E-state index contributed by atoms with van der Waals surface area (Å²) in [7, 11) is 0. The number of para-hydroxylation sites is 2. The number of hydrogen-bond donors (Lipinski definition) is 0. The molecule has 2 aromatic heterocycles. The zero-order valence-corrected chi connectivity index (χ0v) is 21.8. The fraction of sp³-hybridized carbons (Fsp3) is 0.0811. The van der Waals surface area contributed by atoms with Gasteiger partial charge in [-0.15, -0.1) is 0 Å². The van der Waals surface area contributed by atoms with E-state index in [9.17, 15) is 0 Å². The molecule has 0 saturated carbocycles. The van der Waals surface area contributed by atoms with Crippen LogP contribution in [0.25, 0.3) is 71.3 Å². The minimum absolute atomic E-state index is 0.105. The largest absolute Gasteiger partial charge is 0.456 e. The Morgan fingerprint density at radius 1 is 0.590 bits per heavy atom. The Balaban J connectivity index is 1.48. The number of aromatic nitrogens is 1. The second kappa shape index (κ2) is 7.18. The summed E-state index contributed by atoms with van der Waals surface area (Å²) in [5.74, 6) is 0. The van der Waals surface area contributed by atoms with Gasteiger partial charge in [0.15, 0.2) is 0 Å². The Kier molecular flexibility index (Phi) is 3.89. The number of benzene rings is 6. The summed E-state index contributed by atoms with van der Waals surface area (Å²) in [6, 6.07) is 41.9. The maximum absolute atomic E-state index is 6.18. The van der Waals surface area contributed by atoms with Crippen molar-refractivity contribution in [2.45, 2.75) is 19.3 Å². The SMILES string of the molecule is CC1(C)c2ccccc2-c2ccc3ccc4c5ccccc5n(-c5ccc6oc7ccccc7c6c5)c4c3c21. The minimum Gasteiger partial charge on any atom is -0.456 e. The molecular formula is C37H25NO. The third-order valence-corrected chi connectivity index (χ3v) is 8.95. The Labute approximate surface area is 225 Å². The lowest BCUT2D eigenvalue weighted by Gasteiger charge is -2.24. The van der Waals surface area contributed by atoms with Crippen molar-refractivity contribution in [3.05, 3.63) is 126 Å². The van der Waals surface area contributed by atoms with E-state index in [0.29, 0.717) is 0 Å². The van der Waals surface area contributed by atoms with Crippen molar-refractivity contribution in [1.82, 2.24) is 4.57 Å². The zero-order valence-electron chi connectivity index (χ0n) is 21.8. The van der Waals surface area contributed by atoms with Gasteiger partial charge in [0.1, 0.15) is 11.2 Å². The van der Waals surface area contributed by atoms with Crippen LogP contribution in [0.5, 0.6) is 0 Å². The van der Waals surface area contributed by atoms with Crippen molar-refractivity contribution < 1.29 is 4.42 Å². The van der Waals surface area contributed by atoms with Crippen LogP contribution in [0.2, 0.25) is 0 Å². The summed E-state index contributed by atoms with van der Waals surface area (Å²) in [5.41, 5.74) is 10.9. The Hall–Kier alpha value is -4.82. The molecule has 0 aliphatic heterocycles. The van der Waals surface area contributed by atoms with Gasteiger partial charge in [-0.1, -0.05) is 98.8 Å². The van der Waals surface area contributed by atoms with Crippen LogP contribution in [-0.2, 0) is 5.41 Å². The Morgan fingerprint density at radius 2 is 1.33 bits per heavy atom. The van der Waals surface area contributed by atoms with Crippen LogP contribution in [0.3, 0.4) is 0 Å². The van der Waals surface area contributed by atoms with Gasteiger partial charge in [0.2, 0.25) is 0 Å². The van der Waals surface area contributed by atoms with E-state index in [4.69, 9.17) is 4.42 Å². The van der Waals surface area contributed by atoms with Crippen LogP contribution in [0.4, 0.5) is 0 Å². The second-order valence-electron chi connectivity index (χ2n) is 11.3. The van der Waals surface area contributed by atoms with E-state index in [1.165, 1.54) is 54.8 Å². The summed E-state index contributed by atoms with van der Waals surface area (Å²) in [5, 5.41) is 7.48. The van der Waals surface area contributed by atoms with Crippen LogP contribution < -0.4 is 0 Å². The zero-order chi connectivity index (χ0) is 25.9. The molecule has 0 amide bonds. The molecule has 1 aliphatic rings. The highest BCUT2D eigenvalue weighted by atomic mass is 16.3. The van der Waals surface area contributed by atoms with Crippen LogP contribution in [0.1, 0.15) is 25.0 Å². The molecule has 6 aromatic carbocycles. The summed E-state index contributed by atoms with van der Waals surface area (Å²) >= 11 is 0. The summed E-state index contributed by atoms with van der Waals surface area (Å²) < 4.78 is 8.66. The highest BCUT2D eigenvalue weighted by molar-refractivity contribution is 6.21. The Bertz CT molecular complexity index is 2310. The number of hydrogen-bond acceptors (Lipinski definition) is 1. The molecule has 0 fully saturated rings. The van der Waals surface area contributed by atoms with Gasteiger partial charge in [0.25, 0.3) is 0 Å². The quantitative estimate of drug-likeness (QED) is 0.220. The number of furan rings is 1. The predicted octanol–water partition coefficient (Wildman–Crippen LogP) is 10.1. The third-order valence-electron chi connectivity index (χ3n) is 8.95. The molecule has 0 atom stereocenters. The normalized spacial score (nSPS) is 14.1. The van der Waals surface area contributed by atoms with Crippen molar-refractivity contribution in [3.8, 4) is 16.8 Å². The molecule has 0 spiro atoms. The van der Waals surface area contributed by atoms with Crippen LogP contribution in [0, 0.1) is 0 Å². The van der Waals surface area contributed by atoms with E-state index in [0.717, 1.165) is 27.6 Å². The molecule has 0 unspecified atom stereocenters. The maximum Gasteiger partial charge on any atom is 0.135 e. The van der Waals surface area contributed by atoms with Gasteiger partial charge in [0.05, 0.1) is 11.0 Å². The fourth-order valence-electron chi connectivity index (χ4n) is 7.26. The second-order valence-corrected chi connectivity index (χ2v) is 11.3. The van der Waals surface area contributed by atoms with Gasteiger partial charge in [-0.05, 0) is 58.0 Å². The van der Waals surface area contributed by atoms with Crippen molar-refractivity contribution in [1.29, 1.82) is 0 Å². The highest BCUT2D eigenvalue weighted by Gasteiger charge is 2.37. The predicted molar refractivity (Wildman–Crippen MR) is 163 cm³/mol. The summed E-state index contributed by atoms with van der Waals surface area (Å²) in [4.78, 5) is 0. The smallest absolute Gasteiger partial charge is 0.135 e. The first kappa shape index (κ1) is 21.2. The maximum atomic E-state index is 6.18. The number of rotatable bonds is 1. The first-order chi connectivity index (χ1) is 19.1. The van der Waals surface area contributed by atoms with Gasteiger partial charge in [0, 0.05) is 38.0 Å². The molecule has 9 rings (SSSR count). The van der Waals surface area contributed by atoms with E-state index in [-0.39, 0.29) is 5.41 Å². The van der Waals surface area contributed by atoms with Crippen LogP contribution in [0.15, 0.2) is 120 Å². The van der Waals surface area contributed by atoms with Crippen molar-refractivity contribution in [2.75, 3.05) is 0 Å². The Morgan fingerprint density at radius 3 is 2.26 bits per heavy atom. The first-order valence-corrected chi connectivity index (χ1v) is 13.6. The molecule has 8 aromatic rings. The van der Waals surface area contributed by atoms with Gasteiger partial charge < -0.3 is 8.98 Å². The van der Waals surface area contributed by atoms with E-state index in [2.05, 4.69) is 122 Å². The molecule has 2 nitrogen and oxygen atoms in total. The molecular weight excluding hydrogens is 474 g/mol. The molecule has 1 aliphatic carbocycles. The lowest BCUT2D eigenvalue weighted by molar-refractivity contribution is 0.666. The average molecular weight is 500 g/mol. The molecule has 2 heteroatoms. The van der Waals surface area contributed by atoms with Crippen molar-refractivity contribution >= 4 is 54.5 Å². The van der Waals surface area contributed by atoms with E-state index in [1.807, 2.05) is 12.1 Å². The molecule has 184 valence electrons. The summed E-state index contributed by atoms with van der Waals surface area (Å²) in [6.07, 6.45) is 0. The molecule has 0 bridgehead atoms. The lowest BCUT2D eigenvalue weighted by Crippen LogP contribution is -2.15. The number of nitrogens with zero attached hydrogens (tertiary/aromatic N) is 1. The molecule has 0 radical (unpaired) electrons. The number of fused-ring (bicyclic) bond motifs is 12. The molecule has 0 saturated heterocycles. The van der Waals surface area contributed by atoms with E-state index in [1.54, 1.807) is 0 Å². The minimum atomic E-state index is -0.105. The standard InChI is InChI=1S/C37H25NO/c1-37(2)30-12-6-3-9-24(30)27-18-15-22-16-19-28-25-10-4-7-13-31(25)38(36(28)34(22)35(27)37)23-17-20-33-29(21-23)26-11-5-8-14-32(26)39-33/h3-21H,1-2H3.